The minimum absolute atomic E-state index is 0.131. The van der Waals surface area contributed by atoms with Crippen LogP contribution in [0.1, 0.15) is 19.3 Å². The van der Waals surface area contributed by atoms with Crippen LogP contribution in [0.3, 0.4) is 0 Å². The lowest BCUT2D eigenvalue weighted by atomic mass is 9.70. The highest BCUT2D eigenvalue weighted by atomic mass is 79.9. The molecule has 2 rings (SSSR count). The van der Waals surface area contributed by atoms with Crippen molar-refractivity contribution in [2.75, 3.05) is 23.8 Å². The molecule has 0 heterocycles. The number of hydrogen-bond donors (Lipinski definition) is 0. The van der Waals surface area contributed by atoms with E-state index in [1.165, 1.54) is 25.3 Å². The highest BCUT2D eigenvalue weighted by Crippen LogP contribution is 2.43. The van der Waals surface area contributed by atoms with E-state index in [2.05, 4.69) is 15.9 Å². The van der Waals surface area contributed by atoms with E-state index in [9.17, 15) is 4.39 Å². The largest absolute Gasteiger partial charge is 0.372 e. The predicted molar refractivity (Wildman–Crippen MR) is 69.7 cm³/mol. The quantitative estimate of drug-likeness (QED) is 0.760. The Morgan fingerprint density at radius 2 is 2.06 bits per heavy atom. The first-order valence-corrected chi connectivity index (χ1v) is 6.81. The zero-order valence-electron chi connectivity index (χ0n) is 9.55. The Bertz CT molecular complexity index is 357. The molecule has 1 saturated carbocycles. The van der Waals surface area contributed by atoms with Crippen LogP contribution >= 0.6 is 15.9 Å². The van der Waals surface area contributed by atoms with Crippen molar-refractivity contribution in [1.29, 1.82) is 0 Å². The summed E-state index contributed by atoms with van der Waals surface area (Å²) in [6, 6.07) is 6.98. The molecule has 1 aromatic carbocycles. The monoisotopic (exact) mass is 285 g/mol. The second-order valence-corrected chi connectivity index (χ2v) is 5.36. The number of benzene rings is 1. The summed E-state index contributed by atoms with van der Waals surface area (Å²) >= 11 is 3.58. The second kappa shape index (κ2) is 4.74. The lowest BCUT2D eigenvalue weighted by Gasteiger charge is -2.43. The third-order valence-corrected chi connectivity index (χ3v) is 4.72. The standard InChI is InChI=1S/C13H17BrFN/c1-16(10-13(9-14)7-4-8-13)12-6-3-2-5-11(12)15/h2-3,5-6H,4,7-10H2,1H3. The van der Waals surface area contributed by atoms with Crippen LogP contribution in [-0.4, -0.2) is 18.9 Å². The summed E-state index contributed by atoms with van der Waals surface area (Å²) in [6.07, 6.45) is 3.80. The maximum Gasteiger partial charge on any atom is 0.146 e. The molecule has 0 bridgehead atoms. The molecule has 0 saturated heterocycles. The number of hydrogen-bond acceptors (Lipinski definition) is 1. The Morgan fingerprint density at radius 1 is 1.38 bits per heavy atom. The molecule has 0 spiro atoms. The van der Waals surface area contributed by atoms with Gasteiger partial charge >= 0.3 is 0 Å². The van der Waals surface area contributed by atoms with Gasteiger partial charge in [-0.2, -0.15) is 0 Å². The number of para-hydroxylation sites is 1. The molecule has 3 heteroatoms. The van der Waals surface area contributed by atoms with Gasteiger partial charge in [-0.3, -0.25) is 0 Å². The van der Waals surface area contributed by atoms with Crippen LogP contribution in [0.15, 0.2) is 24.3 Å². The molecule has 0 atom stereocenters. The zero-order chi connectivity index (χ0) is 11.6. The SMILES string of the molecule is CN(CC1(CBr)CCC1)c1ccccc1F. The van der Waals surface area contributed by atoms with Gasteiger partial charge in [-0.05, 0) is 30.4 Å². The second-order valence-electron chi connectivity index (χ2n) is 4.79. The average Bonchev–Trinajstić information content (AvgIpc) is 2.24. The van der Waals surface area contributed by atoms with Crippen LogP contribution in [0.4, 0.5) is 10.1 Å². The van der Waals surface area contributed by atoms with Crippen LogP contribution in [0.2, 0.25) is 0 Å². The van der Waals surface area contributed by atoms with E-state index in [1.54, 1.807) is 6.07 Å². The molecule has 1 fully saturated rings. The molecule has 16 heavy (non-hydrogen) atoms. The highest BCUT2D eigenvalue weighted by Gasteiger charge is 2.37. The molecule has 0 amide bonds. The van der Waals surface area contributed by atoms with Crippen molar-refractivity contribution in [2.24, 2.45) is 5.41 Å². The van der Waals surface area contributed by atoms with E-state index in [-0.39, 0.29) is 5.82 Å². The Morgan fingerprint density at radius 3 is 2.56 bits per heavy atom. The van der Waals surface area contributed by atoms with Gasteiger partial charge in [0.1, 0.15) is 5.82 Å². The first-order chi connectivity index (χ1) is 7.67. The molecule has 88 valence electrons. The fraction of sp³-hybridized carbons (Fsp3) is 0.538. The summed E-state index contributed by atoms with van der Waals surface area (Å²) in [4.78, 5) is 2.04. The first-order valence-electron chi connectivity index (χ1n) is 5.68. The topological polar surface area (TPSA) is 3.24 Å². The number of alkyl halides is 1. The predicted octanol–water partition coefficient (Wildman–Crippen LogP) is 3.83. The molecule has 0 radical (unpaired) electrons. The highest BCUT2D eigenvalue weighted by molar-refractivity contribution is 9.09. The number of nitrogens with zero attached hydrogens (tertiary/aromatic N) is 1. The van der Waals surface area contributed by atoms with Gasteiger partial charge < -0.3 is 4.90 Å². The molecule has 1 aliphatic rings. The van der Waals surface area contributed by atoms with Crippen molar-refractivity contribution >= 4 is 21.6 Å². The lowest BCUT2D eigenvalue weighted by Crippen LogP contribution is -2.42. The van der Waals surface area contributed by atoms with Gasteiger partial charge in [0.15, 0.2) is 0 Å². The van der Waals surface area contributed by atoms with Crippen molar-refractivity contribution in [3.63, 3.8) is 0 Å². The van der Waals surface area contributed by atoms with Gasteiger partial charge in [0.2, 0.25) is 0 Å². The summed E-state index contributed by atoms with van der Waals surface area (Å²) in [5, 5.41) is 1.01. The summed E-state index contributed by atoms with van der Waals surface area (Å²) < 4.78 is 13.6. The van der Waals surface area contributed by atoms with E-state index < -0.39 is 0 Å². The van der Waals surface area contributed by atoms with Crippen molar-refractivity contribution < 1.29 is 4.39 Å². The van der Waals surface area contributed by atoms with E-state index >= 15 is 0 Å². The third kappa shape index (κ3) is 2.24. The van der Waals surface area contributed by atoms with E-state index in [1.807, 2.05) is 24.1 Å². The molecule has 0 aromatic heterocycles. The van der Waals surface area contributed by atoms with Crippen LogP contribution in [0, 0.1) is 11.2 Å². The summed E-state index contributed by atoms with van der Waals surface area (Å²) in [7, 11) is 1.97. The van der Waals surface area contributed by atoms with Gasteiger partial charge in [0.05, 0.1) is 5.69 Å². The Balaban J connectivity index is 2.08. The average molecular weight is 286 g/mol. The molecule has 1 aliphatic carbocycles. The fourth-order valence-electron chi connectivity index (χ4n) is 2.36. The Labute approximate surface area is 105 Å². The maximum absolute atomic E-state index is 13.6. The van der Waals surface area contributed by atoms with Crippen LogP contribution in [0.5, 0.6) is 0 Å². The number of rotatable bonds is 4. The fourth-order valence-corrected chi connectivity index (χ4v) is 3.10. The zero-order valence-corrected chi connectivity index (χ0v) is 11.1. The number of halogens is 2. The van der Waals surface area contributed by atoms with E-state index in [4.69, 9.17) is 0 Å². The van der Waals surface area contributed by atoms with Gasteiger partial charge in [-0.15, -0.1) is 0 Å². The summed E-state index contributed by atoms with van der Waals surface area (Å²) in [5.74, 6) is -0.131. The molecule has 0 N–H and O–H groups in total. The molecule has 1 nitrogen and oxygen atoms in total. The molecule has 0 aliphatic heterocycles. The minimum atomic E-state index is -0.131. The van der Waals surface area contributed by atoms with Gasteiger partial charge in [0.25, 0.3) is 0 Å². The Kier molecular flexibility index (Phi) is 3.53. The molecule has 0 unspecified atom stereocenters. The van der Waals surface area contributed by atoms with Crippen molar-refractivity contribution in [3.8, 4) is 0 Å². The van der Waals surface area contributed by atoms with Crippen molar-refractivity contribution in [1.82, 2.24) is 0 Å². The van der Waals surface area contributed by atoms with Gasteiger partial charge in [0, 0.05) is 18.9 Å². The normalized spacial score (nSPS) is 17.9. The van der Waals surface area contributed by atoms with E-state index in [0.29, 0.717) is 11.1 Å². The molecular formula is C13H17BrFN. The van der Waals surface area contributed by atoms with Gasteiger partial charge in [-0.1, -0.05) is 34.5 Å². The summed E-state index contributed by atoms with van der Waals surface area (Å²) in [6.45, 7) is 0.930. The maximum atomic E-state index is 13.6. The van der Waals surface area contributed by atoms with E-state index in [0.717, 1.165) is 11.9 Å². The van der Waals surface area contributed by atoms with Gasteiger partial charge in [-0.25, -0.2) is 4.39 Å². The summed E-state index contributed by atoms with van der Waals surface area (Å²) in [5.41, 5.74) is 1.06. The lowest BCUT2D eigenvalue weighted by molar-refractivity contribution is 0.179. The van der Waals surface area contributed by atoms with Crippen molar-refractivity contribution in [3.05, 3.63) is 30.1 Å². The smallest absolute Gasteiger partial charge is 0.146 e. The number of anilines is 1. The van der Waals surface area contributed by atoms with Crippen molar-refractivity contribution in [2.45, 2.75) is 19.3 Å². The Hall–Kier alpha value is -0.570. The minimum Gasteiger partial charge on any atom is -0.372 e. The molecular weight excluding hydrogens is 269 g/mol. The van der Waals surface area contributed by atoms with Crippen LogP contribution in [-0.2, 0) is 0 Å². The van der Waals surface area contributed by atoms with Crippen LogP contribution < -0.4 is 4.90 Å². The third-order valence-electron chi connectivity index (χ3n) is 3.53. The first kappa shape index (κ1) is 11.9. The van der Waals surface area contributed by atoms with Crippen LogP contribution in [0.25, 0.3) is 0 Å². The molecule has 1 aromatic rings.